The number of carbonyl (C=O) groups is 1. The SMILES string of the molecule is COC(=O)c1c(N)nsc1N(CCO)CC(F)F. The van der Waals surface area contributed by atoms with E-state index in [0.29, 0.717) is 0 Å². The predicted molar refractivity (Wildman–Crippen MR) is 63.2 cm³/mol. The predicted octanol–water partition coefficient (Wildman–Crippen LogP) is 0.576. The highest BCUT2D eigenvalue weighted by Crippen LogP contribution is 2.31. The molecule has 1 heterocycles. The highest BCUT2D eigenvalue weighted by molar-refractivity contribution is 7.11. The van der Waals surface area contributed by atoms with Gasteiger partial charge in [0.1, 0.15) is 10.6 Å². The second-order valence-electron chi connectivity index (χ2n) is 3.30. The summed E-state index contributed by atoms with van der Waals surface area (Å²) in [6, 6.07) is 0. The lowest BCUT2D eigenvalue weighted by Gasteiger charge is -2.21. The zero-order valence-corrected chi connectivity index (χ0v) is 10.4. The van der Waals surface area contributed by atoms with E-state index in [4.69, 9.17) is 10.8 Å². The third-order valence-electron chi connectivity index (χ3n) is 2.11. The van der Waals surface area contributed by atoms with Crippen LogP contribution >= 0.6 is 11.5 Å². The topological polar surface area (TPSA) is 88.7 Å². The fraction of sp³-hybridized carbons (Fsp3) is 0.556. The van der Waals surface area contributed by atoms with Crippen molar-refractivity contribution in [1.82, 2.24) is 4.37 Å². The molecule has 0 aliphatic heterocycles. The molecule has 3 N–H and O–H groups in total. The standard InChI is InChI=1S/C9H13F2N3O3S/c1-17-9(16)6-7(12)13-18-8(6)14(2-3-15)4-5(10)11/h5,15H,2-4H2,1H3,(H2,12,13). The summed E-state index contributed by atoms with van der Waals surface area (Å²) in [5.41, 5.74) is 5.46. The van der Waals surface area contributed by atoms with Crippen molar-refractivity contribution in [3.63, 3.8) is 0 Å². The Morgan fingerprint density at radius 1 is 1.67 bits per heavy atom. The van der Waals surface area contributed by atoms with Crippen LogP contribution in [0.5, 0.6) is 0 Å². The smallest absolute Gasteiger partial charge is 0.344 e. The average molecular weight is 281 g/mol. The molecule has 0 aliphatic rings. The maximum Gasteiger partial charge on any atom is 0.344 e. The number of nitrogens with zero attached hydrogens (tertiary/aromatic N) is 2. The van der Waals surface area contributed by atoms with Crippen molar-refractivity contribution in [2.24, 2.45) is 0 Å². The summed E-state index contributed by atoms with van der Waals surface area (Å²) < 4.78 is 33.1. The van der Waals surface area contributed by atoms with E-state index in [1.165, 1.54) is 0 Å². The normalized spacial score (nSPS) is 10.7. The van der Waals surface area contributed by atoms with Gasteiger partial charge in [-0.1, -0.05) is 0 Å². The van der Waals surface area contributed by atoms with E-state index >= 15 is 0 Å². The molecule has 0 unspecified atom stereocenters. The van der Waals surface area contributed by atoms with Crippen LogP contribution in [0.2, 0.25) is 0 Å². The molecule has 1 aromatic rings. The fourth-order valence-corrected chi connectivity index (χ4v) is 2.20. The molecule has 0 radical (unpaired) electrons. The summed E-state index contributed by atoms with van der Waals surface area (Å²) in [6.45, 7) is -0.993. The van der Waals surface area contributed by atoms with E-state index in [1.807, 2.05) is 0 Å². The van der Waals surface area contributed by atoms with Gasteiger partial charge < -0.3 is 20.5 Å². The lowest BCUT2D eigenvalue weighted by Crippen LogP contribution is -2.32. The Balaban J connectivity index is 3.07. The van der Waals surface area contributed by atoms with E-state index in [-0.39, 0.29) is 29.5 Å². The molecule has 102 valence electrons. The van der Waals surface area contributed by atoms with Gasteiger partial charge in [0.2, 0.25) is 0 Å². The van der Waals surface area contributed by atoms with E-state index < -0.39 is 18.9 Å². The van der Waals surface area contributed by atoms with Crippen LogP contribution in [0.25, 0.3) is 0 Å². The van der Waals surface area contributed by atoms with Crippen molar-refractivity contribution in [3.8, 4) is 0 Å². The minimum absolute atomic E-state index is 0.0448. The Labute approximate surface area is 106 Å². The van der Waals surface area contributed by atoms with Crippen LogP contribution in [0.4, 0.5) is 19.6 Å². The van der Waals surface area contributed by atoms with Crippen LogP contribution in [-0.2, 0) is 4.74 Å². The van der Waals surface area contributed by atoms with Crippen LogP contribution < -0.4 is 10.6 Å². The number of methoxy groups -OCH3 is 1. The monoisotopic (exact) mass is 281 g/mol. The summed E-state index contributed by atoms with van der Waals surface area (Å²) >= 11 is 0.816. The molecule has 0 aromatic carbocycles. The third kappa shape index (κ3) is 3.26. The number of alkyl halides is 2. The van der Waals surface area contributed by atoms with Gasteiger partial charge in [-0.2, -0.15) is 4.37 Å². The quantitative estimate of drug-likeness (QED) is 0.741. The number of ether oxygens (including phenoxy) is 1. The number of aliphatic hydroxyl groups is 1. The number of carbonyl (C=O) groups excluding carboxylic acids is 1. The van der Waals surface area contributed by atoms with E-state index in [2.05, 4.69) is 9.11 Å². The maximum atomic E-state index is 12.4. The molecule has 0 bridgehead atoms. The molecular weight excluding hydrogens is 268 g/mol. The molecule has 9 heteroatoms. The minimum atomic E-state index is -2.61. The van der Waals surface area contributed by atoms with E-state index in [9.17, 15) is 13.6 Å². The van der Waals surface area contributed by atoms with E-state index in [1.54, 1.807) is 0 Å². The fourth-order valence-electron chi connectivity index (χ4n) is 1.37. The van der Waals surface area contributed by atoms with Gasteiger partial charge in [0.15, 0.2) is 5.82 Å². The van der Waals surface area contributed by atoms with Crippen molar-refractivity contribution >= 4 is 28.3 Å². The van der Waals surface area contributed by atoms with Gasteiger partial charge in [0, 0.05) is 6.54 Å². The Morgan fingerprint density at radius 2 is 2.33 bits per heavy atom. The number of halogens is 2. The first-order valence-electron chi connectivity index (χ1n) is 4.98. The first kappa shape index (κ1) is 14.6. The summed E-state index contributed by atoms with van der Waals surface area (Å²) in [5.74, 6) is -0.812. The van der Waals surface area contributed by atoms with Crippen LogP contribution in [0.1, 0.15) is 10.4 Å². The number of rotatable bonds is 6. The first-order chi connectivity index (χ1) is 8.51. The third-order valence-corrected chi connectivity index (χ3v) is 3.03. The molecule has 0 saturated carbocycles. The van der Waals surface area contributed by atoms with Crippen molar-refractivity contribution < 1.29 is 23.4 Å². The van der Waals surface area contributed by atoms with Crippen molar-refractivity contribution in [2.75, 3.05) is 37.4 Å². The number of esters is 1. The second kappa shape index (κ2) is 6.45. The first-order valence-corrected chi connectivity index (χ1v) is 5.76. The van der Waals surface area contributed by atoms with Crippen LogP contribution in [0.15, 0.2) is 0 Å². The molecule has 1 aromatic heterocycles. The second-order valence-corrected chi connectivity index (χ2v) is 4.05. The van der Waals surface area contributed by atoms with Crippen LogP contribution in [-0.4, -0.2) is 48.7 Å². The molecular formula is C9H13F2N3O3S. The van der Waals surface area contributed by atoms with Gasteiger partial charge in [-0.25, -0.2) is 13.6 Å². The Hall–Kier alpha value is -1.48. The van der Waals surface area contributed by atoms with E-state index in [0.717, 1.165) is 23.5 Å². The molecule has 0 spiro atoms. The van der Waals surface area contributed by atoms with Crippen molar-refractivity contribution in [1.29, 1.82) is 0 Å². The van der Waals surface area contributed by atoms with Crippen LogP contribution in [0, 0.1) is 0 Å². The minimum Gasteiger partial charge on any atom is -0.465 e. The van der Waals surface area contributed by atoms with Gasteiger partial charge in [0.25, 0.3) is 6.43 Å². The molecule has 0 amide bonds. The summed E-state index contributed by atoms with van der Waals surface area (Å²) in [7, 11) is 1.16. The highest BCUT2D eigenvalue weighted by Gasteiger charge is 2.25. The lowest BCUT2D eigenvalue weighted by atomic mass is 10.3. The summed E-state index contributed by atoms with van der Waals surface area (Å²) in [6.07, 6.45) is -2.61. The molecule has 1 rings (SSSR count). The average Bonchev–Trinajstić information content (AvgIpc) is 2.69. The summed E-state index contributed by atoms with van der Waals surface area (Å²) in [4.78, 5) is 12.7. The Kier molecular flexibility index (Phi) is 5.23. The van der Waals surface area contributed by atoms with Gasteiger partial charge in [0.05, 0.1) is 20.3 Å². The zero-order chi connectivity index (χ0) is 13.7. The maximum absolute atomic E-state index is 12.4. The zero-order valence-electron chi connectivity index (χ0n) is 9.60. The molecule has 0 aliphatic carbocycles. The number of nitrogen functional groups attached to an aromatic ring is 1. The van der Waals surface area contributed by atoms with Gasteiger partial charge in [-0.3, -0.25) is 0 Å². The highest BCUT2D eigenvalue weighted by atomic mass is 32.1. The number of hydrogen-bond acceptors (Lipinski definition) is 7. The molecule has 0 atom stereocenters. The van der Waals surface area contributed by atoms with Crippen molar-refractivity contribution in [3.05, 3.63) is 5.56 Å². The molecule has 0 fully saturated rings. The number of aromatic nitrogens is 1. The number of aliphatic hydroxyl groups excluding tert-OH is 1. The number of nitrogens with two attached hydrogens (primary N) is 1. The van der Waals surface area contributed by atoms with Crippen molar-refractivity contribution in [2.45, 2.75) is 6.43 Å². The van der Waals surface area contributed by atoms with Gasteiger partial charge in [-0.15, -0.1) is 0 Å². The van der Waals surface area contributed by atoms with Gasteiger partial charge in [-0.05, 0) is 11.5 Å². The van der Waals surface area contributed by atoms with Crippen LogP contribution in [0.3, 0.4) is 0 Å². The molecule has 18 heavy (non-hydrogen) atoms. The Bertz CT molecular complexity index is 414. The number of hydrogen-bond donors (Lipinski definition) is 2. The molecule has 0 saturated heterocycles. The van der Waals surface area contributed by atoms with Gasteiger partial charge >= 0.3 is 5.97 Å². The largest absolute Gasteiger partial charge is 0.465 e. The summed E-state index contributed by atoms with van der Waals surface area (Å²) in [5, 5.41) is 9.03. The lowest BCUT2D eigenvalue weighted by molar-refractivity contribution is 0.0602. The number of anilines is 2. The Morgan fingerprint density at radius 3 is 2.83 bits per heavy atom. The molecule has 6 nitrogen and oxygen atoms in total.